The highest BCUT2D eigenvalue weighted by Gasteiger charge is 2.29. The SMILES string of the molecule is N[C@@H](Cc1ccccc1)C(=O)N[C@@H](Cc1cnc[nH]1)C(=O)N[C@@H](Cc1cnc[nH]1)C(=O)O. The van der Waals surface area contributed by atoms with Crippen LogP contribution in [0, 0.1) is 0 Å². The maximum atomic E-state index is 12.9. The van der Waals surface area contributed by atoms with Gasteiger partial charge in [0.1, 0.15) is 12.1 Å². The summed E-state index contributed by atoms with van der Waals surface area (Å²) in [5.74, 6) is -2.37. The smallest absolute Gasteiger partial charge is 0.326 e. The largest absolute Gasteiger partial charge is 0.480 e. The van der Waals surface area contributed by atoms with Gasteiger partial charge in [-0.25, -0.2) is 14.8 Å². The fourth-order valence-electron chi connectivity index (χ4n) is 3.15. The van der Waals surface area contributed by atoms with Crippen molar-refractivity contribution in [1.82, 2.24) is 30.6 Å². The third kappa shape index (κ3) is 6.51. The number of aromatic amines is 2. The quantitative estimate of drug-likeness (QED) is 0.234. The number of nitrogens with zero attached hydrogens (tertiary/aromatic N) is 2. The van der Waals surface area contributed by atoms with Gasteiger partial charge >= 0.3 is 5.97 Å². The third-order valence-electron chi connectivity index (χ3n) is 4.84. The van der Waals surface area contributed by atoms with Crippen molar-refractivity contribution in [3.05, 3.63) is 72.3 Å². The van der Waals surface area contributed by atoms with E-state index in [0.29, 0.717) is 17.8 Å². The molecule has 0 radical (unpaired) electrons. The molecule has 3 atom stereocenters. The molecule has 0 spiro atoms. The number of hydrogen-bond acceptors (Lipinski definition) is 6. The monoisotopic (exact) mass is 439 g/mol. The van der Waals surface area contributed by atoms with E-state index in [2.05, 4.69) is 30.6 Å². The van der Waals surface area contributed by atoms with Crippen LogP contribution in [-0.2, 0) is 33.6 Å². The number of aromatic nitrogens is 4. The lowest BCUT2D eigenvalue weighted by Crippen LogP contribution is -2.56. The number of rotatable bonds is 11. The van der Waals surface area contributed by atoms with E-state index in [1.54, 1.807) is 0 Å². The fourth-order valence-corrected chi connectivity index (χ4v) is 3.15. The Morgan fingerprint density at radius 2 is 1.44 bits per heavy atom. The minimum Gasteiger partial charge on any atom is -0.480 e. The van der Waals surface area contributed by atoms with E-state index in [1.807, 2.05) is 30.3 Å². The van der Waals surface area contributed by atoms with E-state index in [1.165, 1.54) is 25.0 Å². The van der Waals surface area contributed by atoms with Crippen LogP contribution in [0.25, 0.3) is 0 Å². The minimum atomic E-state index is -1.21. The van der Waals surface area contributed by atoms with Gasteiger partial charge in [-0.3, -0.25) is 9.59 Å². The Kier molecular flexibility index (Phi) is 7.70. The number of nitrogens with two attached hydrogens (primary N) is 1. The number of carbonyl (C=O) groups is 3. The molecule has 0 saturated heterocycles. The number of benzene rings is 1. The maximum absolute atomic E-state index is 12.9. The fraction of sp³-hybridized carbons (Fsp3) is 0.286. The van der Waals surface area contributed by atoms with Gasteiger partial charge in [0.25, 0.3) is 0 Å². The molecule has 1 aromatic carbocycles. The Morgan fingerprint density at radius 1 is 0.875 bits per heavy atom. The molecule has 0 aliphatic rings. The van der Waals surface area contributed by atoms with Crippen LogP contribution in [0.15, 0.2) is 55.4 Å². The molecule has 3 aromatic rings. The van der Waals surface area contributed by atoms with Gasteiger partial charge in [-0.2, -0.15) is 0 Å². The van der Waals surface area contributed by atoms with Crippen LogP contribution in [0.4, 0.5) is 0 Å². The molecule has 3 rings (SSSR count). The van der Waals surface area contributed by atoms with Crippen molar-refractivity contribution in [3.8, 4) is 0 Å². The summed E-state index contributed by atoms with van der Waals surface area (Å²) in [4.78, 5) is 50.7. The normalized spacial score (nSPS) is 13.7. The molecule has 7 N–H and O–H groups in total. The van der Waals surface area contributed by atoms with Crippen molar-refractivity contribution in [2.75, 3.05) is 0 Å². The van der Waals surface area contributed by atoms with E-state index < -0.39 is 35.9 Å². The van der Waals surface area contributed by atoms with Gasteiger partial charge in [0.05, 0.1) is 18.7 Å². The summed E-state index contributed by atoms with van der Waals surface area (Å²) >= 11 is 0. The zero-order valence-electron chi connectivity index (χ0n) is 17.2. The minimum absolute atomic E-state index is 0.0132. The van der Waals surface area contributed by atoms with Crippen molar-refractivity contribution < 1.29 is 19.5 Å². The number of aliphatic carboxylic acids is 1. The van der Waals surface area contributed by atoms with E-state index in [4.69, 9.17) is 5.73 Å². The molecule has 0 aliphatic carbocycles. The van der Waals surface area contributed by atoms with E-state index in [0.717, 1.165) is 5.56 Å². The van der Waals surface area contributed by atoms with Crippen LogP contribution in [0.3, 0.4) is 0 Å². The molecular weight excluding hydrogens is 414 g/mol. The Bertz CT molecular complexity index is 1010. The molecule has 32 heavy (non-hydrogen) atoms. The van der Waals surface area contributed by atoms with Gasteiger partial charge in [-0.05, 0) is 12.0 Å². The molecule has 11 heteroatoms. The van der Waals surface area contributed by atoms with Crippen molar-refractivity contribution >= 4 is 17.8 Å². The second kappa shape index (κ2) is 10.9. The first-order valence-corrected chi connectivity index (χ1v) is 10.00. The number of hydrogen-bond donors (Lipinski definition) is 6. The predicted molar refractivity (Wildman–Crippen MR) is 114 cm³/mol. The number of carboxylic acids is 1. The van der Waals surface area contributed by atoms with Crippen LogP contribution >= 0.6 is 0 Å². The first kappa shape index (κ1) is 22.7. The third-order valence-corrected chi connectivity index (χ3v) is 4.84. The lowest BCUT2D eigenvalue weighted by atomic mass is 10.0. The molecule has 2 aromatic heterocycles. The van der Waals surface area contributed by atoms with E-state index in [9.17, 15) is 19.5 Å². The number of carboxylic acid groups (broad SMARTS) is 1. The van der Waals surface area contributed by atoms with Gasteiger partial charge in [-0.1, -0.05) is 30.3 Å². The first-order chi connectivity index (χ1) is 15.4. The van der Waals surface area contributed by atoms with E-state index in [-0.39, 0.29) is 12.8 Å². The zero-order chi connectivity index (χ0) is 22.9. The van der Waals surface area contributed by atoms with E-state index >= 15 is 0 Å². The number of amides is 2. The summed E-state index contributed by atoms with van der Waals surface area (Å²) in [5.41, 5.74) is 8.08. The highest BCUT2D eigenvalue weighted by Crippen LogP contribution is 2.05. The predicted octanol–water partition coefficient (Wildman–Crippen LogP) is -0.458. The summed E-state index contributed by atoms with van der Waals surface area (Å²) in [6, 6.07) is 6.14. The van der Waals surface area contributed by atoms with Gasteiger partial charge in [-0.15, -0.1) is 0 Å². The van der Waals surface area contributed by atoms with Crippen LogP contribution in [0.5, 0.6) is 0 Å². The summed E-state index contributed by atoms with van der Waals surface area (Å²) in [6.07, 6.45) is 6.27. The molecule has 2 amide bonds. The first-order valence-electron chi connectivity index (χ1n) is 10.00. The van der Waals surface area contributed by atoms with Gasteiger partial charge < -0.3 is 31.4 Å². The van der Waals surface area contributed by atoms with Crippen molar-refractivity contribution in [1.29, 1.82) is 0 Å². The Balaban J connectivity index is 1.68. The van der Waals surface area contributed by atoms with Crippen molar-refractivity contribution in [2.24, 2.45) is 5.73 Å². The molecule has 0 unspecified atom stereocenters. The van der Waals surface area contributed by atoms with Crippen LogP contribution in [-0.4, -0.2) is 61.0 Å². The highest BCUT2D eigenvalue weighted by atomic mass is 16.4. The molecule has 0 bridgehead atoms. The van der Waals surface area contributed by atoms with Gasteiger partial charge in [0, 0.05) is 36.6 Å². The summed E-state index contributed by atoms with van der Waals surface area (Å²) in [6.45, 7) is 0. The lowest BCUT2D eigenvalue weighted by Gasteiger charge is -2.22. The second-order valence-electron chi connectivity index (χ2n) is 7.32. The standard InChI is InChI=1S/C21H25N7O4/c22-16(6-13-4-2-1-3-5-13)19(29)27-17(7-14-9-23-11-25-14)20(30)28-18(21(31)32)8-15-10-24-12-26-15/h1-5,9-12,16-18H,6-8,22H2,(H,23,25)(H,24,26)(H,27,29)(H,28,30)(H,31,32)/t16-,17-,18-/m0/s1. The maximum Gasteiger partial charge on any atom is 0.326 e. The molecule has 0 fully saturated rings. The zero-order valence-corrected chi connectivity index (χ0v) is 17.2. The molecule has 168 valence electrons. The van der Waals surface area contributed by atoms with Crippen LogP contribution < -0.4 is 16.4 Å². The average Bonchev–Trinajstić information content (AvgIpc) is 3.47. The Hall–Kier alpha value is -3.99. The number of nitrogens with one attached hydrogen (secondary N) is 4. The van der Waals surface area contributed by atoms with Crippen molar-refractivity contribution in [2.45, 2.75) is 37.4 Å². The molecule has 0 saturated carbocycles. The topological polar surface area (TPSA) is 179 Å². The molecule has 0 aliphatic heterocycles. The summed E-state index contributed by atoms with van der Waals surface area (Å²) < 4.78 is 0. The summed E-state index contributed by atoms with van der Waals surface area (Å²) in [5, 5.41) is 14.6. The Labute approximate surface area is 183 Å². The Morgan fingerprint density at radius 3 is 1.97 bits per heavy atom. The number of carbonyl (C=O) groups excluding carboxylic acids is 2. The number of H-pyrrole nitrogens is 2. The molecule has 11 nitrogen and oxygen atoms in total. The second-order valence-corrected chi connectivity index (χ2v) is 7.32. The number of imidazole rings is 2. The van der Waals surface area contributed by atoms with Crippen LogP contribution in [0.2, 0.25) is 0 Å². The van der Waals surface area contributed by atoms with Crippen molar-refractivity contribution in [3.63, 3.8) is 0 Å². The average molecular weight is 439 g/mol. The molecular formula is C21H25N7O4. The van der Waals surface area contributed by atoms with Gasteiger partial charge in [0.15, 0.2) is 0 Å². The summed E-state index contributed by atoms with van der Waals surface area (Å²) in [7, 11) is 0. The van der Waals surface area contributed by atoms with Crippen LogP contribution in [0.1, 0.15) is 17.0 Å². The van der Waals surface area contributed by atoms with Gasteiger partial charge in [0.2, 0.25) is 11.8 Å². The molecule has 2 heterocycles. The lowest BCUT2D eigenvalue weighted by molar-refractivity contribution is -0.142. The highest BCUT2D eigenvalue weighted by molar-refractivity contribution is 5.92.